The van der Waals surface area contributed by atoms with Gasteiger partial charge in [-0.05, 0) is 18.2 Å². The smallest absolute Gasteiger partial charge is 0.292 e. The van der Waals surface area contributed by atoms with Gasteiger partial charge in [0.05, 0.1) is 15.1 Å². The normalized spacial score (nSPS) is 17.1. The molecule has 1 fully saturated rings. The van der Waals surface area contributed by atoms with Gasteiger partial charge in [0.1, 0.15) is 10.9 Å². The molecule has 1 atom stereocenters. The van der Waals surface area contributed by atoms with Gasteiger partial charge in [0.15, 0.2) is 5.17 Å². The fourth-order valence-electron chi connectivity index (χ4n) is 3.12. The highest BCUT2D eigenvalue weighted by Gasteiger charge is 2.39. The molecule has 1 saturated heterocycles. The van der Waals surface area contributed by atoms with Crippen LogP contribution in [0.25, 0.3) is 10.2 Å². The first-order chi connectivity index (χ1) is 15.5. The highest BCUT2D eigenvalue weighted by atomic mass is 32.2. The first-order valence-corrected chi connectivity index (χ1v) is 11.2. The second-order valence-corrected chi connectivity index (χ2v) is 8.91. The van der Waals surface area contributed by atoms with Crippen molar-refractivity contribution in [2.24, 2.45) is 4.99 Å². The number of hydrogen-bond acceptors (Lipinski definition) is 8. The third-order valence-corrected chi connectivity index (χ3v) is 6.66. The summed E-state index contributed by atoms with van der Waals surface area (Å²) in [6.45, 7) is 3.94. The number of para-hydroxylation sites is 3. The Balaban J connectivity index is 1.52. The third kappa shape index (κ3) is 4.53. The van der Waals surface area contributed by atoms with E-state index in [9.17, 15) is 19.7 Å². The third-order valence-electron chi connectivity index (χ3n) is 4.55. The fourth-order valence-corrected chi connectivity index (χ4v) is 5.16. The SMILES string of the molecule is C=CCN1C(=O)[C@@H](CC(=O)Nc2ccccc2[N+](=O)[O-])SC1=Nc1nc2ccccc2s1. The van der Waals surface area contributed by atoms with Crippen LogP contribution in [0.4, 0.5) is 16.5 Å². The molecule has 2 heterocycles. The van der Waals surface area contributed by atoms with Crippen molar-refractivity contribution >= 4 is 66.8 Å². The number of thioether (sulfide) groups is 1. The molecule has 1 aromatic heterocycles. The second-order valence-electron chi connectivity index (χ2n) is 6.73. The van der Waals surface area contributed by atoms with Crippen molar-refractivity contribution in [3.8, 4) is 0 Å². The molecule has 1 N–H and O–H groups in total. The summed E-state index contributed by atoms with van der Waals surface area (Å²) in [6, 6.07) is 13.5. The maximum atomic E-state index is 12.9. The van der Waals surface area contributed by atoms with Gasteiger partial charge in [0, 0.05) is 19.0 Å². The van der Waals surface area contributed by atoms with Crippen molar-refractivity contribution in [2.45, 2.75) is 11.7 Å². The van der Waals surface area contributed by atoms with Crippen LogP contribution in [0.2, 0.25) is 0 Å². The standard InChI is InChI=1S/C21H17N5O4S2/c1-2-11-25-19(28)17(12-18(27)22-13-7-3-5-9-15(13)26(29)30)32-21(25)24-20-23-14-8-4-6-10-16(14)31-20/h2-10,17H,1,11-12H2,(H,22,27)/t17-/m1/s1. The van der Waals surface area contributed by atoms with Gasteiger partial charge in [0.25, 0.3) is 5.69 Å². The summed E-state index contributed by atoms with van der Waals surface area (Å²) >= 11 is 2.58. The van der Waals surface area contributed by atoms with Crippen LogP contribution in [-0.2, 0) is 9.59 Å². The van der Waals surface area contributed by atoms with Crippen LogP contribution in [0.1, 0.15) is 6.42 Å². The van der Waals surface area contributed by atoms with Gasteiger partial charge in [-0.1, -0.05) is 53.4 Å². The van der Waals surface area contributed by atoms with Crippen molar-refractivity contribution in [3.63, 3.8) is 0 Å². The monoisotopic (exact) mass is 467 g/mol. The van der Waals surface area contributed by atoms with E-state index in [1.165, 1.54) is 46.2 Å². The number of nitro benzene ring substituents is 1. The summed E-state index contributed by atoms with van der Waals surface area (Å²) in [5, 5.41) is 13.9. The number of hydrogen-bond donors (Lipinski definition) is 1. The van der Waals surface area contributed by atoms with Crippen LogP contribution in [0.15, 0.2) is 66.2 Å². The molecular weight excluding hydrogens is 450 g/mol. The molecule has 0 radical (unpaired) electrons. The molecule has 3 aromatic rings. The van der Waals surface area contributed by atoms with E-state index < -0.39 is 16.1 Å². The second kappa shape index (κ2) is 9.28. The van der Waals surface area contributed by atoms with E-state index in [-0.39, 0.29) is 30.2 Å². The molecule has 1 aliphatic rings. The van der Waals surface area contributed by atoms with E-state index in [1.54, 1.807) is 12.1 Å². The molecule has 162 valence electrons. The number of nitro groups is 1. The van der Waals surface area contributed by atoms with E-state index >= 15 is 0 Å². The predicted octanol–water partition coefficient (Wildman–Crippen LogP) is 4.35. The topological polar surface area (TPSA) is 118 Å². The first-order valence-electron chi connectivity index (χ1n) is 9.52. The van der Waals surface area contributed by atoms with E-state index in [2.05, 4.69) is 21.9 Å². The number of nitrogens with zero attached hydrogens (tertiary/aromatic N) is 4. The highest BCUT2D eigenvalue weighted by Crippen LogP contribution is 2.34. The van der Waals surface area contributed by atoms with E-state index in [0.29, 0.717) is 10.3 Å². The minimum Gasteiger partial charge on any atom is -0.320 e. The molecule has 0 unspecified atom stereocenters. The number of fused-ring (bicyclic) bond motifs is 1. The summed E-state index contributed by atoms with van der Waals surface area (Å²) < 4.78 is 0.983. The predicted molar refractivity (Wildman–Crippen MR) is 126 cm³/mol. The molecule has 11 heteroatoms. The maximum absolute atomic E-state index is 12.9. The van der Waals surface area contributed by atoms with Crippen molar-refractivity contribution in [3.05, 3.63) is 71.3 Å². The number of anilines is 1. The Kier molecular flexibility index (Phi) is 6.28. The molecule has 1 aliphatic heterocycles. The fraction of sp³-hybridized carbons (Fsp3) is 0.143. The number of amidine groups is 1. The van der Waals surface area contributed by atoms with Gasteiger partial charge in [-0.3, -0.25) is 24.6 Å². The molecule has 0 spiro atoms. The van der Waals surface area contributed by atoms with Gasteiger partial charge >= 0.3 is 0 Å². The number of thiazole rings is 1. The van der Waals surface area contributed by atoms with Gasteiger partial charge < -0.3 is 5.32 Å². The summed E-state index contributed by atoms with van der Waals surface area (Å²) in [5.74, 6) is -0.766. The van der Waals surface area contributed by atoms with Crippen molar-refractivity contribution in [2.75, 3.05) is 11.9 Å². The van der Waals surface area contributed by atoms with Crippen LogP contribution in [-0.4, -0.2) is 43.6 Å². The van der Waals surface area contributed by atoms with Crippen molar-refractivity contribution in [1.29, 1.82) is 0 Å². The Morgan fingerprint density at radius 1 is 1.28 bits per heavy atom. The molecule has 32 heavy (non-hydrogen) atoms. The lowest BCUT2D eigenvalue weighted by molar-refractivity contribution is -0.383. The zero-order chi connectivity index (χ0) is 22.7. The summed E-state index contributed by atoms with van der Waals surface area (Å²) in [7, 11) is 0. The number of aromatic nitrogens is 1. The van der Waals surface area contributed by atoms with Crippen LogP contribution in [0.3, 0.4) is 0 Å². The number of nitrogens with one attached hydrogen (secondary N) is 1. The van der Waals surface area contributed by atoms with Crippen molar-refractivity contribution < 1.29 is 14.5 Å². The molecule has 0 aliphatic carbocycles. The molecule has 4 rings (SSSR count). The van der Waals surface area contributed by atoms with E-state index in [1.807, 2.05) is 24.3 Å². The Bertz CT molecular complexity index is 1220. The van der Waals surface area contributed by atoms with E-state index in [0.717, 1.165) is 10.2 Å². The molecule has 2 aromatic carbocycles. The number of amides is 2. The molecular formula is C21H17N5O4S2. The van der Waals surface area contributed by atoms with Crippen LogP contribution in [0, 0.1) is 10.1 Å². The summed E-state index contributed by atoms with van der Waals surface area (Å²) in [5.41, 5.74) is 0.698. The van der Waals surface area contributed by atoms with Crippen LogP contribution >= 0.6 is 23.1 Å². The molecule has 2 amide bonds. The first kappa shape index (κ1) is 21.7. The van der Waals surface area contributed by atoms with E-state index in [4.69, 9.17) is 0 Å². The lowest BCUT2D eigenvalue weighted by Crippen LogP contribution is -2.33. The molecule has 0 saturated carbocycles. The number of carbonyl (C=O) groups is 2. The van der Waals surface area contributed by atoms with Gasteiger partial charge in [-0.15, -0.1) is 6.58 Å². The lowest BCUT2D eigenvalue weighted by Gasteiger charge is -2.13. The molecule has 9 nitrogen and oxygen atoms in total. The largest absolute Gasteiger partial charge is 0.320 e. The van der Waals surface area contributed by atoms with Crippen LogP contribution < -0.4 is 5.32 Å². The number of aliphatic imine (C=N–C) groups is 1. The van der Waals surface area contributed by atoms with Gasteiger partial charge in [-0.25, -0.2) is 4.98 Å². The average molecular weight is 468 g/mol. The lowest BCUT2D eigenvalue weighted by atomic mass is 10.2. The Morgan fingerprint density at radius 3 is 2.78 bits per heavy atom. The number of benzene rings is 2. The summed E-state index contributed by atoms with van der Waals surface area (Å²) in [4.78, 5) is 46.5. The zero-order valence-corrected chi connectivity index (χ0v) is 18.3. The van der Waals surface area contributed by atoms with Gasteiger partial charge in [0.2, 0.25) is 16.9 Å². The van der Waals surface area contributed by atoms with Crippen molar-refractivity contribution in [1.82, 2.24) is 9.88 Å². The molecule has 0 bridgehead atoms. The minimum absolute atomic E-state index is 0.0873. The quantitative estimate of drug-likeness (QED) is 0.314. The highest BCUT2D eigenvalue weighted by molar-refractivity contribution is 8.15. The zero-order valence-electron chi connectivity index (χ0n) is 16.6. The number of carbonyl (C=O) groups excluding carboxylic acids is 2. The Morgan fingerprint density at radius 2 is 2.03 bits per heavy atom. The Labute approximate surface area is 191 Å². The average Bonchev–Trinajstić information content (AvgIpc) is 3.30. The van der Waals surface area contributed by atoms with Gasteiger partial charge in [-0.2, -0.15) is 4.99 Å². The van der Waals surface area contributed by atoms with Crippen LogP contribution in [0.5, 0.6) is 0 Å². The minimum atomic E-state index is -0.703. The Hall–Kier alpha value is -3.57. The summed E-state index contributed by atoms with van der Waals surface area (Å²) in [6.07, 6.45) is 1.43. The number of rotatable bonds is 7. The maximum Gasteiger partial charge on any atom is 0.292 e.